The first-order chi connectivity index (χ1) is 13.3. The first-order valence-electron chi connectivity index (χ1n) is 9.13. The highest BCUT2D eigenvalue weighted by molar-refractivity contribution is 5.91. The summed E-state index contributed by atoms with van der Waals surface area (Å²) in [5.74, 6) is -1.38. The minimum Gasteiger partial charge on any atom is -0.461 e. The van der Waals surface area contributed by atoms with Crippen molar-refractivity contribution in [2.45, 2.75) is 44.2 Å². The van der Waals surface area contributed by atoms with Crippen LogP contribution in [0.3, 0.4) is 0 Å². The highest BCUT2D eigenvalue weighted by Gasteiger charge is 2.42. The van der Waals surface area contributed by atoms with Crippen molar-refractivity contribution in [1.82, 2.24) is 4.98 Å². The molecule has 8 heteroatoms. The molecule has 28 heavy (non-hydrogen) atoms. The molecule has 0 spiro atoms. The van der Waals surface area contributed by atoms with Crippen LogP contribution in [0.5, 0.6) is 0 Å². The van der Waals surface area contributed by atoms with Crippen molar-refractivity contribution in [1.29, 1.82) is 0 Å². The molecule has 2 aliphatic rings. The fraction of sp³-hybridized carbons (Fsp3) is 0.400. The Morgan fingerprint density at radius 3 is 2.64 bits per heavy atom. The van der Waals surface area contributed by atoms with E-state index in [0.717, 1.165) is 42.5 Å². The summed E-state index contributed by atoms with van der Waals surface area (Å²) in [6.07, 6.45) is -0.545. The molecule has 1 aromatic carbocycles. The lowest BCUT2D eigenvalue weighted by atomic mass is 9.89. The molecule has 4 rings (SSSR count). The van der Waals surface area contributed by atoms with Crippen molar-refractivity contribution >= 4 is 17.3 Å². The number of benzene rings is 1. The number of halogens is 4. The van der Waals surface area contributed by atoms with E-state index in [1.165, 1.54) is 12.3 Å². The molecule has 1 heterocycles. The van der Waals surface area contributed by atoms with Crippen molar-refractivity contribution < 1.29 is 27.1 Å². The van der Waals surface area contributed by atoms with E-state index < -0.39 is 23.5 Å². The smallest absolute Gasteiger partial charge is 0.419 e. The van der Waals surface area contributed by atoms with Gasteiger partial charge in [-0.2, -0.15) is 13.2 Å². The number of anilines is 2. The summed E-state index contributed by atoms with van der Waals surface area (Å²) in [7, 11) is 0. The molecule has 2 unspecified atom stereocenters. The van der Waals surface area contributed by atoms with Gasteiger partial charge >= 0.3 is 12.1 Å². The maximum absolute atomic E-state index is 13.5. The maximum Gasteiger partial charge on any atom is 0.419 e. The molecule has 1 aromatic heterocycles. The Hall–Kier alpha value is -2.64. The Balaban J connectivity index is 1.74. The number of carbonyl (C=O) groups excluding carboxylic acids is 1. The third-order valence-corrected chi connectivity index (χ3v) is 5.43. The van der Waals surface area contributed by atoms with Crippen LogP contribution in [0.4, 0.5) is 28.9 Å². The number of carbonyl (C=O) groups is 1. The average Bonchev–Trinajstić information content (AvgIpc) is 3.25. The zero-order chi connectivity index (χ0) is 20.1. The van der Waals surface area contributed by atoms with Crippen molar-refractivity contribution in [3.8, 4) is 0 Å². The van der Waals surface area contributed by atoms with Crippen LogP contribution >= 0.6 is 0 Å². The normalized spacial score (nSPS) is 20.2. The van der Waals surface area contributed by atoms with Gasteiger partial charge in [-0.1, -0.05) is 0 Å². The van der Waals surface area contributed by atoms with E-state index in [-0.39, 0.29) is 29.8 Å². The van der Waals surface area contributed by atoms with Crippen LogP contribution in [-0.4, -0.2) is 17.6 Å². The first-order valence-corrected chi connectivity index (χ1v) is 9.13. The number of esters is 1. The lowest BCUT2D eigenvalue weighted by Gasteiger charge is -2.22. The van der Waals surface area contributed by atoms with E-state index in [1.807, 2.05) is 0 Å². The zero-order valence-electron chi connectivity index (χ0n) is 15.1. The molecule has 2 aliphatic carbocycles. The van der Waals surface area contributed by atoms with Crippen LogP contribution in [0, 0.1) is 5.82 Å². The van der Waals surface area contributed by atoms with E-state index in [4.69, 9.17) is 4.74 Å². The van der Waals surface area contributed by atoms with E-state index in [9.17, 15) is 22.4 Å². The molecule has 1 N–H and O–H groups in total. The summed E-state index contributed by atoms with van der Waals surface area (Å²) < 4.78 is 57.6. The number of rotatable bonds is 4. The Labute approximate surface area is 158 Å². The van der Waals surface area contributed by atoms with Crippen molar-refractivity contribution in [3.63, 3.8) is 0 Å². The van der Waals surface area contributed by atoms with Crippen molar-refractivity contribution in [2.24, 2.45) is 0 Å². The standard InChI is InChI=1S/C20H18F4N2O2/c1-2-28-19(27)18-17-11-4-3-10(7-11)16(17)15(9-25-18)26-12-5-6-14(21)13(8-12)20(22,23)24/h5-6,8-11,26H,2-4,7H2,1H3. The largest absolute Gasteiger partial charge is 0.461 e. The van der Waals surface area contributed by atoms with Crippen molar-refractivity contribution in [3.05, 3.63) is 52.6 Å². The average molecular weight is 394 g/mol. The van der Waals surface area contributed by atoms with Gasteiger partial charge in [0.2, 0.25) is 0 Å². The van der Waals surface area contributed by atoms with Gasteiger partial charge in [-0.3, -0.25) is 0 Å². The highest BCUT2D eigenvalue weighted by Crippen LogP contribution is 2.56. The van der Waals surface area contributed by atoms with Gasteiger partial charge < -0.3 is 10.1 Å². The van der Waals surface area contributed by atoms with Crippen LogP contribution in [0.25, 0.3) is 0 Å². The molecular formula is C20H18F4N2O2. The third-order valence-electron chi connectivity index (χ3n) is 5.43. The summed E-state index contributed by atoms with van der Waals surface area (Å²) in [5, 5.41) is 2.95. The number of hydrogen-bond acceptors (Lipinski definition) is 4. The number of alkyl halides is 3. The van der Waals surface area contributed by atoms with Crippen molar-refractivity contribution in [2.75, 3.05) is 11.9 Å². The van der Waals surface area contributed by atoms with Crippen LogP contribution in [0.2, 0.25) is 0 Å². The van der Waals surface area contributed by atoms with Gasteiger partial charge in [-0.05, 0) is 67.3 Å². The van der Waals surface area contributed by atoms with Crippen LogP contribution in [0.15, 0.2) is 24.4 Å². The zero-order valence-corrected chi connectivity index (χ0v) is 15.1. The number of aromatic nitrogens is 1. The van der Waals surface area contributed by atoms with Gasteiger partial charge in [0.05, 0.1) is 24.1 Å². The molecule has 148 valence electrons. The molecule has 1 fully saturated rings. The van der Waals surface area contributed by atoms with Gasteiger partial charge in [0, 0.05) is 5.69 Å². The fourth-order valence-corrected chi connectivity index (χ4v) is 4.34. The van der Waals surface area contributed by atoms with Gasteiger partial charge in [0.1, 0.15) is 5.82 Å². The number of nitrogens with zero attached hydrogens (tertiary/aromatic N) is 1. The van der Waals surface area contributed by atoms with E-state index in [1.54, 1.807) is 6.92 Å². The van der Waals surface area contributed by atoms with E-state index >= 15 is 0 Å². The molecule has 0 aliphatic heterocycles. The summed E-state index contributed by atoms with van der Waals surface area (Å²) in [4.78, 5) is 16.5. The van der Waals surface area contributed by atoms with Crippen LogP contribution < -0.4 is 5.32 Å². The molecule has 0 amide bonds. The Morgan fingerprint density at radius 1 is 1.25 bits per heavy atom. The number of ether oxygens (including phenoxy) is 1. The first kappa shape index (κ1) is 18.7. The van der Waals surface area contributed by atoms with Gasteiger partial charge in [-0.15, -0.1) is 0 Å². The highest BCUT2D eigenvalue weighted by atomic mass is 19.4. The summed E-state index contributed by atoms with van der Waals surface area (Å²) in [5.41, 5.74) is 1.36. The predicted molar refractivity (Wildman–Crippen MR) is 94.2 cm³/mol. The Bertz CT molecular complexity index is 943. The van der Waals surface area contributed by atoms with Crippen LogP contribution in [-0.2, 0) is 10.9 Å². The number of fused-ring (bicyclic) bond motifs is 5. The summed E-state index contributed by atoms with van der Waals surface area (Å²) in [6.45, 7) is 1.95. The van der Waals surface area contributed by atoms with E-state index in [0.29, 0.717) is 5.69 Å². The number of nitrogens with one attached hydrogen (secondary N) is 1. The lowest BCUT2D eigenvalue weighted by Crippen LogP contribution is -2.15. The second-order valence-corrected chi connectivity index (χ2v) is 7.09. The third kappa shape index (κ3) is 3.10. The lowest BCUT2D eigenvalue weighted by molar-refractivity contribution is -0.139. The minimum atomic E-state index is -4.78. The summed E-state index contributed by atoms with van der Waals surface area (Å²) in [6, 6.07) is 2.79. The Kier molecular flexibility index (Phi) is 4.51. The molecule has 4 nitrogen and oxygen atoms in total. The topological polar surface area (TPSA) is 51.2 Å². The number of pyridine rings is 1. The second-order valence-electron chi connectivity index (χ2n) is 7.09. The molecular weight excluding hydrogens is 376 g/mol. The molecule has 0 radical (unpaired) electrons. The Morgan fingerprint density at radius 2 is 1.96 bits per heavy atom. The van der Waals surface area contributed by atoms with E-state index in [2.05, 4.69) is 10.3 Å². The second kappa shape index (κ2) is 6.76. The number of hydrogen-bond donors (Lipinski definition) is 1. The summed E-state index contributed by atoms with van der Waals surface area (Å²) >= 11 is 0. The maximum atomic E-state index is 13.5. The molecule has 2 bridgehead atoms. The fourth-order valence-electron chi connectivity index (χ4n) is 4.34. The molecule has 0 saturated heterocycles. The molecule has 2 atom stereocenters. The minimum absolute atomic E-state index is 0.115. The monoisotopic (exact) mass is 394 g/mol. The van der Waals surface area contributed by atoms with Gasteiger partial charge in [-0.25, -0.2) is 14.2 Å². The predicted octanol–water partition coefficient (Wildman–Crippen LogP) is 5.52. The molecule has 2 aromatic rings. The van der Waals surface area contributed by atoms with Gasteiger partial charge in [0.25, 0.3) is 0 Å². The van der Waals surface area contributed by atoms with Gasteiger partial charge in [0.15, 0.2) is 5.69 Å². The van der Waals surface area contributed by atoms with Crippen LogP contribution in [0.1, 0.15) is 65.2 Å². The quantitative estimate of drug-likeness (QED) is 0.548. The molecule has 1 saturated carbocycles. The SMILES string of the molecule is CCOC(=O)c1ncc(Nc2ccc(F)c(C(F)(F)F)c2)c2c1C1CCC2C1.